The van der Waals surface area contributed by atoms with Gasteiger partial charge in [0.2, 0.25) is 0 Å². The van der Waals surface area contributed by atoms with Crippen molar-refractivity contribution in [2.75, 3.05) is 5.73 Å². The summed E-state index contributed by atoms with van der Waals surface area (Å²) in [6.07, 6.45) is 1.74. The van der Waals surface area contributed by atoms with Crippen LogP contribution in [0.25, 0.3) is 0 Å². The first kappa shape index (κ1) is 13.0. The largest absolute Gasteiger partial charge is 0.397 e. The van der Waals surface area contributed by atoms with Crippen LogP contribution in [-0.4, -0.2) is 4.98 Å². The van der Waals surface area contributed by atoms with Crippen LogP contribution in [0.4, 0.5) is 5.69 Å². The highest BCUT2D eigenvalue weighted by Gasteiger charge is 2.01. The predicted octanol–water partition coefficient (Wildman–Crippen LogP) is 3.88. The van der Waals surface area contributed by atoms with Gasteiger partial charge in [0.15, 0.2) is 0 Å². The maximum atomic E-state index is 5.76. The quantitative estimate of drug-likeness (QED) is 0.849. The third-order valence-corrected chi connectivity index (χ3v) is 3.79. The molecule has 2 nitrogen and oxygen atoms in total. The summed E-state index contributed by atoms with van der Waals surface area (Å²) in [5.74, 6) is 0.943. The third kappa shape index (κ3) is 3.26. The van der Waals surface area contributed by atoms with Gasteiger partial charge in [-0.3, -0.25) is 0 Å². The fourth-order valence-electron chi connectivity index (χ4n) is 1.93. The van der Waals surface area contributed by atoms with Gasteiger partial charge in [0.25, 0.3) is 0 Å². The van der Waals surface area contributed by atoms with Gasteiger partial charge in [-0.05, 0) is 38.0 Å². The van der Waals surface area contributed by atoms with E-state index in [1.54, 1.807) is 18.0 Å². The minimum Gasteiger partial charge on any atom is -0.397 e. The number of thioether (sulfide) groups is 1. The zero-order chi connectivity index (χ0) is 13.1. The van der Waals surface area contributed by atoms with Gasteiger partial charge in [-0.1, -0.05) is 29.3 Å². The Hall–Kier alpha value is -1.48. The summed E-state index contributed by atoms with van der Waals surface area (Å²) in [7, 11) is 0. The van der Waals surface area contributed by atoms with E-state index in [-0.39, 0.29) is 0 Å². The molecule has 3 heteroatoms. The highest BCUT2D eigenvalue weighted by atomic mass is 32.2. The van der Waals surface area contributed by atoms with Gasteiger partial charge in [-0.25, -0.2) is 4.98 Å². The summed E-state index contributed by atoms with van der Waals surface area (Å²) in [6, 6.07) is 8.69. The number of nitrogens with zero attached hydrogens (tertiary/aromatic N) is 1. The molecular weight excluding hydrogens is 240 g/mol. The molecule has 18 heavy (non-hydrogen) atoms. The van der Waals surface area contributed by atoms with Crippen molar-refractivity contribution in [3.05, 3.63) is 52.7 Å². The molecule has 0 aliphatic rings. The molecule has 0 unspecified atom stereocenters. The third-order valence-electron chi connectivity index (χ3n) is 2.79. The van der Waals surface area contributed by atoms with Crippen molar-refractivity contribution in [1.82, 2.24) is 4.98 Å². The normalized spacial score (nSPS) is 10.6. The van der Waals surface area contributed by atoms with E-state index in [0.717, 1.165) is 22.0 Å². The first-order chi connectivity index (χ1) is 8.54. The van der Waals surface area contributed by atoms with Crippen LogP contribution in [0, 0.1) is 20.8 Å². The van der Waals surface area contributed by atoms with E-state index in [1.165, 1.54) is 16.7 Å². The molecule has 0 radical (unpaired) electrons. The SMILES string of the molecule is Cc1cc(C)cc(CSc2cc(C)c(N)cn2)c1. The van der Waals surface area contributed by atoms with E-state index in [2.05, 4.69) is 37.0 Å². The molecule has 0 aliphatic heterocycles. The van der Waals surface area contributed by atoms with E-state index >= 15 is 0 Å². The Balaban J connectivity index is 2.08. The monoisotopic (exact) mass is 258 g/mol. The molecule has 1 heterocycles. The lowest BCUT2D eigenvalue weighted by Crippen LogP contribution is -1.92. The summed E-state index contributed by atoms with van der Waals surface area (Å²) in [4.78, 5) is 4.34. The fourth-order valence-corrected chi connectivity index (χ4v) is 2.80. The van der Waals surface area contributed by atoms with Crippen LogP contribution in [-0.2, 0) is 5.75 Å². The van der Waals surface area contributed by atoms with Crippen molar-refractivity contribution in [3.8, 4) is 0 Å². The summed E-state index contributed by atoms with van der Waals surface area (Å²) in [5, 5.41) is 1.03. The number of benzene rings is 1. The maximum Gasteiger partial charge on any atom is 0.0967 e. The number of aryl methyl sites for hydroxylation is 3. The highest BCUT2D eigenvalue weighted by Crippen LogP contribution is 2.24. The van der Waals surface area contributed by atoms with E-state index < -0.39 is 0 Å². The Morgan fingerprint density at radius 3 is 2.33 bits per heavy atom. The van der Waals surface area contributed by atoms with Crippen LogP contribution in [0.2, 0.25) is 0 Å². The average Bonchev–Trinajstić information content (AvgIpc) is 2.29. The second-order valence-corrected chi connectivity index (χ2v) is 5.66. The van der Waals surface area contributed by atoms with Gasteiger partial charge in [-0.2, -0.15) is 0 Å². The molecule has 0 saturated carbocycles. The van der Waals surface area contributed by atoms with Gasteiger partial charge < -0.3 is 5.73 Å². The lowest BCUT2D eigenvalue weighted by atomic mass is 10.1. The van der Waals surface area contributed by atoms with E-state index in [1.807, 2.05) is 13.0 Å². The van der Waals surface area contributed by atoms with E-state index in [4.69, 9.17) is 5.73 Å². The van der Waals surface area contributed by atoms with Crippen LogP contribution >= 0.6 is 11.8 Å². The zero-order valence-corrected chi connectivity index (χ0v) is 11.8. The van der Waals surface area contributed by atoms with Gasteiger partial charge in [0, 0.05) is 5.75 Å². The van der Waals surface area contributed by atoms with Crippen LogP contribution in [0.15, 0.2) is 35.5 Å². The van der Waals surface area contributed by atoms with Gasteiger partial charge >= 0.3 is 0 Å². The number of hydrogen-bond donors (Lipinski definition) is 1. The van der Waals surface area contributed by atoms with Gasteiger partial charge in [0.1, 0.15) is 0 Å². The Labute approximate surface area is 113 Å². The molecule has 2 rings (SSSR count). The molecule has 0 bridgehead atoms. The topological polar surface area (TPSA) is 38.9 Å². The molecular formula is C15H18N2S. The minimum absolute atomic E-state index is 0.755. The van der Waals surface area contributed by atoms with Gasteiger partial charge in [0.05, 0.1) is 16.9 Å². The van der Waals surface area contributed by atoms with Crippen molar-refractivity contribution in [2.45, 2.75) is 31.6 Å². The molecule has 0 atom stereocenters. The second-order valence-electron chi connectivity index (χ2n) is 4.66. The molecule has 1 aromatic heterocycles. The molecule has 2 aromatic rings. The zero-order valence-electron chi connectivity index (χ0n) is 11.0. The van der Waals surface area contributed by atoms with Crippen molar-refractivity contribution in [1.29, 1.82) is 0 Å². The number of nitrogens with two attached hydrogens (primary N) is 1. The standard InChI is InChI=1S/C15H18N2S/c1-10-4-11(2)6-13(5-10)9-18-15-7-12(3)14(16)8-17-15/h4-8H,9,16H2,1-3H3. The number of nitrogen functional groups attached to an aromatic ring is 1. The molecule has 94 valence electrons. The minimum atomic E-state index is 0.755. The summed E-state index contributed by atoms with van der Waals surface area (Å²) < 4.78 is 0. The maximum absolute atomic E-state index is 5.76. The van der Waals surface area contributed by atoms with Crippen LogP contribution < -0.4 is 5.73 Å². The second kappa shape index (κ2) is 5.44. The summed E-state index contributed by atoms with van der Waals surface area (Å²) >= 11 is 1.75. The van der Waals surface area contributed by atoms with Crippen molar-refractivity contribution < 1.29 is 0 Å². The Morgan fingerprint density at radius 1 is 1.06 bits per heavy atom. The first-order valence-corrected chi connectivity index (χ1v) is 6.95. The molecule has 0 amide bonds. The molecule has 1 aromatic carbocycles. The first-order valence-electron chi connectivity index (χ1n) is 5.96. The smallest absolute Gasteiger partial charge is 0.0967 e. The van der Waals surface area contributed by atoms with Crippen molar-refractivity contribution >= 4 is 17.4 Å². The number of hydrogen-bond acceptors (Lipinski definition) is 3. The van der Waals surface area contributed by atoms with Gasteiger partial charge in [-0.15, -0.1) is 11.8 Å². The van der Waals surface area contributed by atoms with Crippen LogP contribution in [0.5, 0.6) is 0 Å². The fraction of sp³-hybridized carbons (Fsp3) is 0.267. The predicted molar refractivity (Wildman–Crippen MR) is 78.9 cm³/mol. The van der Waals surface area contributed by atoms with Crippen LogP contribution in [0.1, 0.15) is 22.3 Å². The Morgan fingerprint density at radius 2 is 1.72 bits per heavy atom. The Kier molecular flexibility index (Phi) is 3.92. The molecule has 0 saturated heterocycles. The van der Waals surface area contributed by atoms with Crippen molar-refractivity contribution in [3.63, 3.8) is 0 Å². The lowest BCUT2D eigenvalue weighted by molar-refractivity contribution is 1.11. The Bertz CT molecular complexity index is 544. The van der Waals surface area contributed by atoms with E-state index in [9.17, 15) is 0 Å². The summed E-state index contributed by atoms with van der Waals surface area (Å²) in [6.45, 7) is 6.28. The van der Waals surface area contributed by atoms with Crippen LogP contribution in [0.3, 0.4) is 0 Å². The van der Waals surface area contributed by atoms with E-state index in [0.29, 0.717) is 0 Å². The van der Waals surface area contributed by atoms with Crippen molar-refractivity contribution in [2.24, 2.45) is 0 Å². The lowest BCUT2D eigenvalue weighted by Gasteiger charge is -2.06. The molecule has 0 fully saturated rings. The number of anilines is 1. The summed E-state index contributed by atoms with van der Waals surface area (Å²) in [5.41, 5.74) is 11.6. The number of aromatic nitrogens is 1. The number of rotatable bonds is 3. The molecule has 0 spiro atoms. The molecule has 0 aliphatic carbocycles. The molecule has 2 N–H and O–H groups in total. The average molecular weight is 258 g/mol. The highest BCUT2D eigenvalue weighted by molar-refractivity contribution is 7.98. The number of pyridine rings is 1.